The highest BCUT2D eigenvalue weighted by Gasteiger charge is 2.11. The van der Waals surface area contributed by atoms with Crippen molar-refractivity contribution >= 4 is 15.9 Å². The Kier molecular flexibility index (Phi) is 5.24. The molecule has 0 radical (unpaired) electrons. The molecule has 0 bridgehead atoms. The van der Waals surface area contributed by atoms with Crippen molar-refractivity contribution in [2.24, 2.45) is 5.92 Å². The van der Waals surface area contributed by atoms with Gasteiger partial charge >= 0.3 is 0 Å². The minimum Gasteiger partial charge on any atom is -0.303 e. The van der Waals surface area contributed by atoms with Crippen molar-refractivity contribution in [3.8, 4) is 0 Å². The molecule has 12 heavy (non-hydrogen) atoms. The van der Waals surface area contributed by atoms with E-state index in [9.17, 15) is 0 Å². The first-order valence-corrected chi connectivity index (χ1v) is 6.23. The summed E-state index contributed by atoms with van der Waals surface area (Å²) in [5.41, 5.74) is 0. The Labute approximate surface area is 84.6 Å². The van der Waals surface area contributed by atoms with Gasteiger partial charge in [-0.1, -0.05) is 22.9 Å². The number of halogens is 1. The van der Waals surface area contributed by atoms with E-state index >= 15 is 0 Å². The van der Waals surface area contributed by atoms with Gasteiger partial charge in [-0.2, -0.15) is 0 Å². The van der Waals surface area contributed by atoms with Gasteiger partial charge in [0, 0.05) is 5.33 Å². The van der Waals surface area contributed by atoms with E-state index in [0.717, 1.165) is 11.2 Å². The van der Waals surface area contributed by atoms with Crippen molar-refractivity contribution in [3.05, 3.63) is 0 Å². The number of rotatable bonds is 5. The van der Waals surface area contributed by atoms with Crippen LogP contribution in [0, 0.1) is 5.92 Å². The lowest BCUT2D eigenvalue weighted by molar-refractivity contribution is 0.306. The van der Waals surface area contributed by atoms with E-state index in [1.54, 1.807) is 0 Å². The molecule has 1 fully saturated rings. The molecule has 1 aliphatic rings. The molecule has 72 valence electrons. The minimum atomic E-state index is 0.893. The Hall–Kier alpha value is 0.440. The van der Waals surface area contributed by atoms with Gasteiger partial charge in [0.2, 0.25) is 0 Å². The number of alkyl halides is 1. The molecule has 0 N–H and O–H groups in total. The topological polar surface area (TPSA) is 3.24 Å². The molecule has 0 spiro atoms. The molecule has 1 unspecified atom stereocenters. The van der Waals surface area contributed by atoms with Gasteiger partial charge in [0.15, 0.2) is 0 Å². The van der Waals surface area contributed by atoms with Crippen LogP contribution < -0.4 is 0 Å². The summed E-state index contributed by atoms with van der Waals surface area (Å²) in [5, 5.41) is 1.16. The van der Waals surface area contributed by atoms with Crippen LogP contribution in [0.3, 0.4) is 0 Å². The lowest BCUT2D eigenvalue weighted by Crippen LogP contribution is -2.22. The standard InChI is InChI=1S/C10H20BrN/c1-10(4-6-11)5-9-12-7-2-3-8-12/h10H,2-9H2,1H3. The second kappa shape index (κ2) is 5.98. The van der Waals surface area contributed by atoms with Gasteiger partial charge in [-0.05, 0) is 51.2 Å². The molecule has 0 amide bonds. The van der Waals surface area contributed by atoms with Gasteiger partial charge < -0.3 is 4.90 Å². The number of hydrogen-bond acceptors (Lipinski definition) is 1. The van der Waals surface area contributed by atoms with Crippen LogP contribution in [0.25, 0.3) is 0 Å². The fourth-order valence-corrected chi connectivity index (χ4v) is 2.52. The molecule has 0 saturated carbocycles. The molecule has 0 aromatic carbocycles. The number of likely N-dealkylation sites (tertiary alicyclic amines) is 1. The lowest BCUT2D eigenvalue weighted by Gasteiger charge is -2.17. The van der Waals surface area contributed by atoms with Crippen LogP contribution in [0.1, 0.15) is 32.6 Å². The van der Waals surface area contributed by atoms with Crippen LogP contribution in [0.2, 0.25) is 0 Å². The largest absolute Gasteiger partial charge is 0.303 e. The van der Waals surface area contributed by atoms with E-state index in [1.165, 1.54) is 45.3 Å². The van der Waals surface area contributed by atoms with Crippen molar-refractivity contribution in [1.29, 1.82) is 0 Å². The highest BCUT2D eigenvalue weighted by Crippen LogP contribution is 2.13. The lowest BCUT2D eigenvalue weighted by atomic mass is 10.1. The average molecular weight is 234 g/mol. The summed E-state index contributed by atoms with van der Waals surface area (Å²) in [6.45, 7) is 6.38. The monoisotopic (exact) mass is 233 g/mol. The molecule has 0 aromatic rings. The predicted molar refractivity (Wildman–Crippen MR) is 57.9 cm³/mol. The van der Waals surface area contributed by atoms with Crippen molar-refractivity contribution in [2.75, 3.05) is 25.0 Å². The Balaban J connectivity index is 1.99. The van der Waals surface area contributed by atoms with Gasteiger partial charge in [0.25, 0.3) is 0 Å². The summed E-state index contributed by atoms with van der Waals surface area (Å²) < 4.78 is 0. The molecule has 1 heterocycles. The van der Waals surface area contributed by atoms with E-state index in [1.807, 2.05) is 0 Å². The molecule has 1 atom stereocenters. The molecule has 0 aliphatic carbocycles. The van der Waals surface area contributed by atoms with Crippen molar-refractivity contribution in [1.82, 2.24) is 4.90 Å². The third kappa shape index (κ3) is 3.90. The molecule has 1 nitrogen and oxygen atoms in total. The van der Waals surface area contributed by atoms with Gasteiger partial charge in [-0.3, -0.25) is 0 Å². The fraction of sp³-hybridized carbons (Fsp3) is 1.00. The zero-order chi connectivity index (χ0) is 8.81. The average Bonchev–Trinajstić information content (AvgIpc) is 2.53. The van der Waals surface area contributed by atoms with Crippen LogP contribution in [0.4, 0.5) is 0 Å². The summed E-state index contributed by atoms with van der Waals surface area (Å²) >= 11 is 3.49. The Morgan fingerprint density at radius 3 is 2.50 bits per heavy atom. The minimum absolute atomic E-state index is 0.893. The van der Waals surface area contributed by atoms with Crippen LogP contribution in [0.5, 0.6) is 0 Å². The first-order valence-electron chi connectivity index (χ1n) is 5.11. The van der Waals surface area contributed by atoms with Crippen LogP contribution in [0.15, 0.2) is 0 Å². The molecular weight excluding hydrogens is 214 g/mol. The third-order valence-electron chi connectivity index (χ3n) is 2.74. The Bertz CT molecular complexity index is 110. The second-order valence-corrected chi connectivity index (χ2v) is 4.71. The number of nitrogens with zero attached hydrogens (tertiary/aromatic N) is 1. The first-order chi connectivity index (χ1) is 5.83. The normalized spacial score (nSPS) is 21.5. The maximum atomic E-state index is 3.49. The molecule has 1 rings (SSSR count). The predicted octanol–water partition coefficient (Wildman–Crippen LogP) is 2.89. The summed E-state index contributed by atoms with van der Waals surface area (Å²) in [6, 6.07) is 0. The molecule has 0 aromatic heterocycles. The third-order valence-corrected chi connectivity index (χ3v) is 3.20. The smallest absolute Gasteiger partial charge is 0.00338 e. The van der Waals surface area contributed by atoms with Gasteiger partial charge in [-0.15, -0.1) is 0 Å². The van der Waals surface area contributed by atoms with Crippen molar-refractivity contribution in [3.63, 3.8) is 0 Å². The highest BCUT2D eigenvalue weighted by atomic mass is 79.9. The Morgan fingerprint density at radius 2 is 1.92 bits per heavy atom. The summed E-state index contributed by atoms with van der Waals surface area (Å²) in [6.07, 6.45) is 5.55. The van der Waals surface area contributed by atoms with Gasteiger partial charge in [-0.25, -0.2) is 0 Å². The van der Waals surface area contributed by atoms with E-state index in [-0.39, 0.29) is 0 Å². The number of hydrogen-bond donors (Lipinski definition) is 0. The summed E-state index contributed by atoms with van der Waals surface area (Å²) in [5.74, 6) is 0.893. The summed E-state index contributed by atoms with van der Waals surface area (Å²) in [4.78, 5) is 2.60. The summed E-state index contributed by atoms with van der Waals surface area (Å²) in [7, 11) is 0. The SMILES string of the molecule is CC(CCBr)CCN1CCCC1. The molecule has 1 saturated heterocycles. The van der Waals surface area contributed by atoms with E-state index in [0.29, 0.717) is 0 Å². The second-order valence-electron chi connectivity index (χ2n) is 3.92. The van der Waals surface area contributed by atoms with Crippen molar-refractivity contribution < 1.29 is 0 Å². The van der Waals surface area contributed by atoms with Crippen LogP contribution in [-0.4, -0.2) is 29.9 Å². The Morgan fingerprint density at radius 1 is 1.25 bits per heavy atom. The van der Waals surface area contributed by atoms with E-state index < -0.39 is 0 Å². The molecular formula is C10H20BrN. The maximum absolute atomic E-state index is 3.49. The van der Waals surface area contributed by atoms with Gasteiger partial charge in [0.1, 0.15) is 0 Å². The maximum Gasteiger partial charge on any atom is 0.00338 e. The zero-order valence-electron chi connectivity index (χ0n) is 8.06. The van der Waals surface area contributed by atoms with Crippen LogP contribution >= 0.6 is 15.9 Å². The van der Waals surface area contributed by atoms with Crippen molar-refractivity contribution in [2.45, 2.75) is 32.6 Å². The van der Waals surface area contributed by atoms with E-state index in [4.69, 9.17) is 0 Å². The molecule has 1 aliphatic heterocycles. The van der Waals surface area contributed by atoms with Gasteiger partial charge in [0.05, 0.1) is 0 Å². The quantitative estimate of drug-likeness (QED) is 0.661. The van der Waals surface area contributed by atoms with E-state index in [2.05, 4.69) is 27.8 Å². The highest BCUT2D eigenvalue weighted by molar-refractivity contribution is 9.09. The van der Waals surface area contributed by atoms with Crippen LogP contribution in [-0.2, 0) is 0 Å². The zero-order valence-corrected chi connectivity index (χ0v) is 9.65. The first kappa shape index (κ1) is 10.5. The molecule has 2 heteroatoms. The fourth-order valence-electron chi connectivity index (χ4n) is 1.74.